The van der Waals surface area contributed by atoms with E-state index in [-0.39, 0.29) is 17.9 Å². The van der Waals surface area contributed by atoms with E-state index in [1.54, 1.807) is 0 Å². The molecule has 0 bridgehead atoms. The standard InChI is InChI=1S/C24H22ClN3O2/c25-22-20-4-2-1-3-17(20)13-21(27-22)24(30)28(19-11-12-19)14-15-5-7-16(8-6-15)23(29)26-18-9-10-18/h1-8,13,18-19H,9-12,14H2,(H,26,29). The van der Waals surface area contributed by atoms with Crippen molar-refractivity contribution in [3.05, 3.63) is 76.6 Å². The lowest BCUT2D eigenvalue weighted by Crippen LogP contribution is -2.33. The summed E-state index contributed by atoms with van der Waals surface area (Å²) in [4.78, 5) is 31.7. The zero-order valence-electron chi connectivity index (χ0n) is 16.5. The molecule has 2 aromatic carbocycles. The molecule has 152 valence electrons. The van der Waals surface area contributed by atoms with E-state index in [9.17, 15) is 9.59 Å². The third-order valence-electron chi connectivity index (χ3n) is 5.64. The van der Waals surface area contributed by atoms with Crippen LogP contribution < -0.4 is 5.32 Å². The van der Waals surface area contributed by atoms with Crippen LogP contribution in [-0.2, 0) is 6.54 Å². The van der Waals surface area contributed by atoms with E-state index in [0.717, 1.165) is 42.0 Å². The fourth-order valence-electron chi connectivity index (χ4n) is 3.62. The smallest absolute Gasteiger partial charge is 0.273 e. The Morgan fingerprint density at radius 1 is 1.03 bits per heavy atom. The monoisotopic (exact) mass is 419 g/mol. The third-order valence-corrected chi connectivity index (χ3v) is 5.93. The number of rotatable bonds is 6. The van der Waals surface area contributed by atoms with Gasteiger partial charge in [0.05, 0.1) is 0 Å². The lowest BCUT2D eigenvalue weighted by Gasteiger charge is -2.22. The first-order chi connectivity index (χ1) is 14.6. The first-order valence-corrected chi connectivity index (χ1v) is 10.7. The molecule has 2 aliphatic carbocycles. The molecule has 1 N–H and O–H groups in total. The Labute approximate surface area is 180 Å². The van der Waals surface area contributed by atoms with Crippen molar-refractivity contribution in [1.82, 2.24) is 15.2 Å². The zero-order valence-corrected chi connectivity index (χ0v) is 17.2. The molecular weight excluding hydrogens is 398 g/mol. The molecule has 0 radical (unpaired) electrons. The van der Waals surface area contributed by atoms with Crippen molar-refractivity contribution in [1.29, 1.82) is 0 Å². The predicted molar refractivity (Wildman–Crippen MR) is 117 cm³/mol. The molecule has 2 saturated carbocycles. The number of hydrogen-bond acceptors (Lipinski definition) is 3. The average molecular weight is 420 g/mol. The Hall–Kier alpha value is -2.92. The summed E-state index contributed by atoms with van der Waals surface area (Å²) in [5, 5.41) is 5.09. The van der Waals surface area contributed by atoms with E-state index >= 15 is 0 Å². The maximum atomic E-state index is 13.3. The summed E-state index contributed by atoms with van der Waals surface area (Å²) < 4.78 is 0. The normalized spacial score (nSPS) is 15.8. The minimum absolute atomic E-state index is 0.0332. The number of carbonyl (C=O) groups excluding carboxylic acids is 2. The molecule has 0 aliphatic heterocycles. The van der Waals surface area contributed by atoms with Crippen molar-refractivity contribution in [2.45, 2.75) is 44.3 Å². The highest BCUT2D eigenvalue weighted by Gasteiger charge is 2.34. The van der Waals surface area contributed by atoms with Crippen LogP contribution in [0, 0.1) is 0 Å². The average Bonchev–Trinajstić information content (AvgIpc) is 3.67. The lowest BCUT2D eigenvalue weighted by molar-refractivity contribution is 0.0723. The molecule has 3 aromatic rings. The van der Waals surface area contributed by atoms with Crippen LogP contribution >= 0.6 is 11.6 Å². The number of pyridine rings is 1. The Morgan fingerprint density at radius 3 is 2.47 bits per heavy atom. The molecule has 5 nitrogen and oxygen atoms in total. The maximum absolute atomic E-state index is 13.3. The second kappa shape index (κ2) is 7.73. The van der Waals surface area contributed by atoms with Gasteiger partial charge >= 0.3 is 0 Å². The summed E-state index contributed by atoms with van der Waals surface area (Å²) in [5.41, 5.74) is 2.01. The van der Waals surface area contributed by atoms with Gasteiger partial charge in [0, 0.05) is 29.6 Å². The van der Waals surface area contributed by atoms with Gasteiger partial charge in [0.15, 0.2) is 0 Å². The summed E-state index contributed by atoms with van der Waals surface area (Å²) in [5.74, 6) is -0.144. The Kier molecular flexibility index (Phi) is 4.91. The van der Waals surface area contributed by atoms with Gasteiger partial charge in [-0.3, -0.25) is 9.59 Å². The number of fused-ring (bicyclic) bond motifs is 1. The van der Waals surface area contributed by atoms with Crippen LogP contribution in [0.3, 0.4) is 0 Å². The first-order valence-electron chi connectivity index (χ1n) is 10.3. The highest BCUT2D eigenvalue weighted by Crippen LogP contribution is 2.31. The maximum Gasteiger partial charge on any atom is 0.273 e. The molecule has 0 atom stereocenters. The minimum Gasteiger partial charge on any atom is -0.349 e. The van der Waals surface area contributed by atoms with Crippen LogP contribution in [-0.4, -0.2) is 33.8 Å². The summed E-state index contributed by atoms with van der Waals surface area (Å²) in [6.07, 6.45) is 4.12. The summed E-state index contributed by atoms with van der Waals surface area (Å²) in [6, 6.07) is 17.5. The Bertz CT molecular complexity index is 1120. The number of halogens is 1. The number of nitrogens with zero attached hydrogens (tertiary/aromatic N) is 2. The van der Waals surface area contributed by atoms with Gasteiger partial charge in [0.25, 0.3) is 11.8 Å². The number of hydrogen-bond donors (Lipinski definition) is 1. The Morgan fingerprint density at radius 2 is 1.77 bits per heavy atom. The summed E-state index contributed by atoms with van der Waals surface area (Å²) in [6.45, 7) is 0.486. The van der Waals surface area contributed by atoms with Gasteiger partial charge in [0.1, 0.15) is 10.8 Å². The molecule has 1 heterocycles. The second-order valence-electron chi connectivity index (χ2n) is 8.13. The van der Waals surface area contributed by atoms with Crippen molar-refractivity contribution in [2.24, 2.45) is 0 Å². The largest absolute Gasteiger partial charge is 0.349 e. The molecule has 2 aliphatic rings. The van der Waals surface area contributed by atoms with Crippen LogP contribution in [0.15, 0.2) is 54.6 Å². The van der Waals surface area contributed by atoms with Crippen molar-refractivity contribution in [3.63, 3.8) is 0 Å². The van der Waals surface area contributed by atoms with Gasteiger partial charge < -0.3 is 10.2 Å². The number of carbonyl (C=O) groups is 2. The highest BCUT2D eigenvalue weighted by molar-refractivity contribution is 6.34. The Balaban J connectivity index is 1.35. The fraction of sp³-hybridized carbons (Fsp3) is 0.292. The molecule has 30 heavy (non-hydrogen) atoms. The molecule has 0 unspecified atom stereocenters. The fourth-order valence-corrected chi connectivity index (χ4v) is 3.88. The number of amides is 2. The van der Waals surface area contributed by atoms with Crippen LogP contribution in [0.5, 0.6) is 0 Å². The minimum atomic E-state index is -0.110. The quantitative estimate of drug-likeness (QED) is 0.594. The van der Waals surface area contributed by atoms with E-state index in [4.69, 9.17) is 11.6 Å². The number of benzene rings is 2. The van der Waals surface area contributed by atoms with Crippen molar-refractivity contribution in [3.8, 4) is 0 Å². The van der Waals surface area contributed by atoms with E-state index in [2.05, 4.69) is 10.3 Å². The van der Waals surface area contributed by atoms with Crippen LogP contribution in [0.2, 0.25) is 5.15 Å². The van der Waals surface area contributed by atoms with Crippen molar-refractivity contribution >= 4 is 34.2 Å². The van der Waals surface area contributed by atoms with Crippen LogP contribution in [0.4, 0.5) is 0 Å². The molecule has 1 aromatic heterocycles. The van der Waals surface area contributed by atoms with Gasteiger partial charge in [-0.1, -0.05) is 48.0 Å². The van der Waals surface area contributed by atoms with Gasteiger partial charge in [-0.05, 0) is 54.8 Å². The van der Waals surface area contributed by atoms with Crippen molar-refractivity contribution < 1.29 is 9.59 Å². The van der Waals surface area contributed by atoms with Gasteiger partial charge in [0.2, 0.25) is 0 Å². The first kappa shape index (κ1) is 19.1. The number of aromatic nitrogens is 1. The second-order valence-corrected chi connectivity index (χ2v) is 8.49. The molecule has 2 amide bonds. The van der Waals surface area contributed by atoms with Gasteiger partial charge in [-0.25, -0.2) is 4.98 Å². The SMILES string of the molecule is O=C(NC1CC1)c1ccc(CN(C(=O)c2cc3ccccc3c(Cl)n2)C2CC2)cc1. The zero-order chi connectivity index (χ0) is 20.7. The third kappa shape index (κ3) is 4.03. The summed E-state index contributed by atoms with van der Waals surface area (Å²) in [7, 11) is 0. The number of nitrogens with one attached hydrogen (secondary N) is 1. The van der Waals surface area contributed by atoms with E-state index in [0.29, 0.717) is 29.0 Å². The predicted octanol–water partition coefficient (Wildman–Crippen LogP) is 4.59. The summed E-state index contributed by atoms with van der Waals surface area (Å²) >= 11 is 6.33. The molecular formula is C24H22ClN3O2. The topological polar surface area (TPSA) is 62.3 Å². The lowest BCUT2D eigenvalue weighted by atomic mass is 10.1. The molecule has 6 heteroatoms. The van der Waals surface area contributed by atoms with E-state index in [1.807, 2.05) is 59.5 Å². The highest BCUT2D eigenvalue weighted by atomic mass is 35.5. The molecule has 2 fully saturated rings. The van der Waals surface area contributed by atoms with Gasteiger partial charge in [-0.15, -0.1) is 0 Å². The van der Waals surface area contributed by atoms with Crippen molar-refractivity contribution in [2.75, 3.05) is 0 Å². The van der Waals surface area contributed by atoms with E-state index in [1.165, 1.54) is 0 Å². The van der Waals surface area contributed by atoms with Crippen LogP contribution in [0.1, 0.15) is 52.1 Å². The van der Waals surface area contributed by atoms with Gasteiger partial charge in [-0.2, -0.15) is 0 Å². The molecule has 0 saturated heterocycles. The molecule has 0 spiro atoms. The van der Waals surface area contributed by atoms with Crippen LogP contribution in [0.25, 0.3) is 10.8 Å². The molecule has 5 rings (SSSR count). The van der Waals surface area contributed by atoms with E-state index < -0.39 is 0 Å².